The number of amides is 1. The summed E-state index contributed by atoms with van der Waals surface area (Å²) in [4.78, 5) is 21.0. The molecule has 1 amide bonds. The average molecular weight is 388 g/mol. The van der Waals surface area contributed by atoms with E-state index in [4.69, 9.17) is 9.15 Å². The molecule has 0 aliphatic carbocycles. The molecule has 0 saturated carbocycles. The second-order valence-electron chi connectivity index (χ2n) is 6.66. The third-order valence-electron chi connectivity index (χ3n) is 4.94. The quantitative estimate of drug-likeness (QED) is 0.683. The van der Waals surface area contributed by atoms with Gasteiger partial charge in [0.1, 0.15) is 23.4 Å². The van der Waals surface area contributed by atoms with Gasteiger partial charge in [0.05, 0.1) is 12.7 Å². The van der Waals surface area contributed by atoms with Crippen molar-refractivity contribution in [1.29, 1.82) is 5.26 Å². The van der Waals surface area contributed by atoms with Gasteiger partial charge in [-0.3, -0.25) is 4.79 Å². The van der Waals surface area contributed by atoms with Gasteiger partial charge in [-0.15, -0.1) is 0 Å². The Hall–Kier alpha value is -3.79. The van der Waals surface area contributed by atoms with E-state index in [0.29, 0.717) is 49.1 Å². The summed E-state index contributed by atoms with van der Waals surface area (Å²) in [6, 6.07) is 16.7. The summed E-state index contributed by atoms with van der Waals surface area (Å²) < 4.78 is 11.1. The van der Waals surface area contributed by atoms with E-state index in [2.05, 4.69) is 11.1 Å². The smallest absolute Gasteiger partial charge is 0.289 e. The number of methoxy groups -OCH3 is 1. The number of furan rings is 1. The molecule has 1 aliphatic rings. The molecule has 0 N–H and O–H groups in total. The zero-order valence-electron chi connectivity index (χ0n) is 16.0. The van der Waals surface area contributed by atoms with Crippen LogP contribution in [0, 0.1) is 11.3 Å². The summed E-state index contributed by atoms with van der Waals surface area (Å²) in [6.07, 6.45) is 1.68. The number of carbonyl (C=O) groups excluding carboxylic acids is 1. The Bertz CT molecular complexity index is 1060. The Morgan fingerprint density at radius 1 is 1.14 bits per heavy atom. The van der Waals surface area contributed by atoms with Gasteiger partial charge in [-0.25, -0.2) is 4.98 Å². The molecular formula is C22H20N4O3. The Kier molecular flexibility index (Phi) is 5.16. The van der Waals surface area contributed by atoms with Crippen LogP contribution in [-0.2, 0) is 0 Å². The number of carbonyl (C=O) groups is 1. The molecule has 1 fully saturated rings. The van der Waals surface area contributed by atoms with Crippen LogP contribution < -0.4 is 9.64 Å². The lowest BCUT2D eigenvalue weighted by Crippen LogP contribution is -2.49. The summed E-state index contributed by atoms with van der Waals surface area (Å²) in [5.74, 6) is 2.19. The third kappa shape index (κ3) is 3.78. The van der Waals surface area contributed by atoms with Crippen molar-refractivity contribution in [2.24, 2.45) is 0 Å². The van der Waals surface area contributed by atoms with Gasteiger partial charge in [-0.05, 0) is 36.4 Å². The van der Waals surface area contributed by atoms with Gasteiger partial charge >= 0.3 is 0 Å². The maximum atomic E-state index is 12.9. The maximum absolute atomic E-state index is 12.9. The number of aromatic nitrogens is 1. The van der Waals surface area contributed by atoms with Crippen LogP contribution in [0.25, 0.3) is 11.3 Å². The lowest BCUT2D eigenvalue weighted by Gasteiger charge is -2.35. The number of pyridine rings is 1. The van der Waals surface area contributed by atoms with E-state index < -0.39 is 0 Å². The second-order valence-corrected chi connectivity index (χ2v) is 6.66. The standard InChI is InChI=1S/C22H20N4O3/c1-28-18-6-2-4-16(14-18)19-7-8-20(29-19)22(27)26-12-10-25(11-13-26)21-17(15-23)5-3-9-24-21/h2-9,14H,10-13H2,1H3. The van der Waals surface area contributed by atoms with Crippen LogP contribution in [0.4, 0.5) is 5.82 Å². The number of nitriles is 1. The van der Waals surface area contributed by atoms with E-state index in [9.17, 15) is 10.1 Å². The Morgan fingerprint density at radius 2 is 1.97 bits per heavy atom. The van der Waals surface area contributed by atoms with Crippen molar-refractivity contribution in [3.05, 3.63) is 66.1 Å². The highest BCUT2D eigenvalue weighted by Gasteiger charge is 2.26. The number of anilines is 1. The van der Waals surface area contributed by atoms with Gasteiger partial charge in [0.25, 0.3) is 5.91 Å². The molecule has 2 aromatic heterocycles. The molecule has 1 saturated heterocycles. The lowest BCUT2D eigenvalue weighted by molar-refractivity contribution is 0.0715. The predicted molar refractivity (Wildman–Crippen MR) is 108 cm³/mol. The van der Waals surface area contributed by atoms with Crippen LogP contribution in [0.1, 0.15) is 16.1 Å². The zero-order chi connectivity index (χ0) is 20.2. The van der Waals surface area contributed by atoms with Crippen molar-refractivity contribution in [1.82, 2.24) is 9.88 Å². The maximum Gasteiger partial charge on any atom is 0.289 e. The van der Waals surface area contributed by atoms with Crippen LogP contribution in [0.5, 0.6) is 5.75 Å². The third-order valence-corrected chi connectivity index (χ3v) is 4.94. The largest absolute Gasteiger partial charge is 0.497 e. The summed E-state index contributed by atoms with van der Waals surface area (Å²) in [6.45, 7) is 2.30. The molecule has 7 nitrogen and oxygen atoms in total. The number of hydrogen-bond acceptors (Lipinski definition) is 6. The van der Waals surface area contributed by atoms with E-state index in [-0.39, 0.29) is 5.91 Å². The van der Waals surface area contributed by atoms with Gasteiger partial charge < -0.3 is 19.0 Å². The van der Waals surface area contributed by atoms with Crippen LogP contribution in [0.3, 0.4) is 0 Å². The topological polar surface area (TPSA) is 82.6 Å². The average Bonchev–Trinajstić information content (AvgIpc) is 3.29. The van der Waals surface area contributed by atoms with Crippen LogP contribution in [0.15, 0.2) is 59.1 Å². The first-order chi connectivity index (χ1) is 14.2. The highest BCUT2D eigenvalue weighted by molar-refractivity contribution is 5.92. The molecule has 4 rings (SSSR count). The molecule has 7 heteroatoms. The molecular weight excluding hydrogens is 368 g/mol. The molecule has 29 heavy (non-hydrogen) atoms. The minimum atomic E-state index is -0.139. The highest BCUT2D eigenvalue weighted by atomic mass is 16.5. The minimum absolute atomic E-state index is 0.139. The normalized spacial score (nSPS) is 13.8. The van der Waals surface area contributed by atoms with Crippen molar-refractivity contribution in [3.63, 3.8) is 0 Å². The fourth-order valence-corrected chi connectivity index (χ4v) is 3.40. The van der Waals surface area contributed by atoms with Gasteiger partial charge in [-0.2, -0.15) is 5.26 Å². The first-order valence-electron chi connectivity index (χ1n) is 9.33. The Balaban J connectivity index is 1.44. The van der Waals surface area contributed by atoms with E-state index in [1.807, 2.05) is 29.2 Å². The van der Waals surface area contributed by atoms with Gasteiger partial charge in [0.15, 0.2) is 5.76 Å². The van der Waals surface area contributed by atoms with E-state index in [1.165, 1.54) is 0 Å². The van der Waals surface area contributed by atoms with Crippen molar-refractivity contribution in [2.45, 2.75) is 0 Å². The van der Waals surface area contributed by atoms with Crippen molar-refractivity contribution in [2.75, 3.05) is 38.2 Å². The first-order valence-corrected chi connectivity index (χ1v) is 9.33. The Morgan fingerprint density at radius 3 is 2.72 bits per heavy atom. The molecule has 0 spiro atoms. The lowest BCUT2D eigenvalue weighted by atomic mass is 10.1. The monoisotopic (exact) mass is 388 g/mol. The SMILES string of the molecule is COc1cccc(-c2ccc(C(=O)N3CCN(c4ncccc4C#N)CC3)o2)c1. The summed E-state index contributed by atoms with van der Waals surface area (Å²) in [7, 11) is 1.61. The van der Waals surface area contributed by atoms with Gasteiger partial charge in [0.2, 0.25) is 0 Å². The number of rotatable bonds is 4. The number of nitrogens with zero attached hydrogens (tertiary/aromatic N) is 4. The summed E-state index contributed by atoms with van der Waals surface area (Å²) in [5.41, 5.74) is 1.40. The van der Waals surface area contributed by atoms with E-state index in [0.717, 1.165) is 11.3 Å². The summed E-state index contributed by atoms with van der Waals surface area (Å²) in [5, 5.41) is 9.27. The molecule has 1 aromatic carbocycles. The number of hydrogen-bond donors (Lipinski definition) is 0. The van der Waals surface area contributed by atoms with Gasteiger partial charge in [0, 0.05) is 37.9 Å². The molecule has 0 radical (unpaired) electrons. The Labute approximate surface area is 168 Å². The van der Waals surface area contributed by atoms with Crippen LogP contribution in [-0.4, -0.2) is 49.1 Å². The summed E-state index contributed by atoms with van der Waals surface area (Å²) >= 11 is 0. The molecule has 3 heterocycles. The fourth-order valence-electron chi connectivity index (χ4n) is 3.40. The highest BCUT2D eigenvalue weighted by Crippen LogP contribution is 2.26. The molecule has 3 aromatic rings. The molecule has 1 aliphatic heterocycles. The number of ether oxygens (including phenoxy) is 1. The molecule has 0 atom stereocenters. The number of piperazine rings is 1. The fraction of sp³-hybridized carbons (Fsp3) is 0.227. The molecule has 146 valence electrons. The molecule has 0 unspecified atom stereocenters. The van der Waals surface area contributed by atoms with Crippen LogP contribution in [0.2, 0.25) is 0 Å². The minimum Gasteiger partial charge on any atom is -0.497 e. The van der Waals surface area contributed by atoms with Crippen molar-refractivity contribution >= 4 is 11.7 Å². The predicted octanol–water partition coefficient (Wildman–Crippen LogP) is 3.18. The van der Waals surface area contributed by atoms with E-state index in [1.54, 1.807) is 42.5 Å². The zero-order valence-corrected chi connectivity index (χ0v) is 16.0. The van der Waals surface area contributed by atoms with Crippen LogP contribution >= 0.6 is 0 Å². The van der Waals surface area contributed by atoms with E-state index >= 15 is 0 Å². The molecule has 0 bridgehead atoms. The van der Waals surface area contributed by atoms with Crippen molar-refractivity contribution in [3.8, 4) is 23.1 Å². The first kappa shape index (κ1) is 18.6. The van der Waals surface area contributed by atoms with Crippen molar-refractivity contribution < 1.29 is 13.9 Å². The number of benzene rings is 1. The second kappa shape index (κ2) is 8.07. The van der Waals surface area contributed by atoms with Gasteiger partial charge in [-0.1, -0.05) is 12.1 Å².